The van der Waals surface area contributed by atoms with E-state index in [1.54, 1.807) is 0 Å². The lowest BCUT2D eigenvalue weighted by molar-refractivity contribution is 0.0551. The molecule has 0 bridgehead atoms. The van der Waals surface area contributed by atoms with Crippen molar-refractivity contribution < 1.29 is 9.47 Å². The first-order valence-corrected chi connectivity index (χ1v) is 7.16. The van der Waals surface area contributed by atoms with Crippen LogP contribution in [0.3, 0.4) is 0 Å². The number of rotatable bonds is 8. The third-order valence-electron chi connectivity index (χ3n) is 2.37. The number of ether oxygens (including phenoxy) is 2. The molecule has 0 aromatic heterocycles. The largest absolute Gasteiger partial charge is 0.490 e. The van der Waals surface area contributed by atoms with Gasteiger partial charge in [0.15, 0.2) is 0 Å². The maximum atomic E-state index is 5.65. The number of benzene rings is 1. The predicted molar refractivity (Wildman–Crippen MR) is 78.1 cm³/mol. The molecule has 0 aliphatic heterocycles. The van der Waals surface area contributed by atoms with Gasteiger partial charge in [-0.15, -0.1) is 0 Å². The molecule has 0 saturated carbocycles. The molecule has 1 aromatic rings. The van der Waals surface area contributed by atoms with Crippen LogP contribution in [0.4, 0.5) is 0 Å². The van der Waals surface area contributed by atoms with E-state index in [0.717, 1.165) is 23.3 Å². The molecule has 0 amide bonds. The van der Waals surface area contributed by atoms with E-state index in [-0.39, 0.29) is 6.10 Å². The zero-order chi connectivity index (χ0) is 13.4. The lowest BCUT2D eigenvalue weighted by Crippen LogP contribution is -2.12. The smallest absolute Gasteiger partial charge is 0.133 e. The summed E-state index contributed by atoms with van der Waals surface area (Å²) in [5.41, 5.74) is 1.24. The lowest BCUT2D eigenvalue weighted by atomic mass is 10.2. The summed E-state index contributed by atoms with van der Waals surface area (Å²) in [5.74, 6) is 0.864. The van der Waals surface area contributed by atoms with Gasteiger partial charge in [-0.3, -0.25) is 0 Å². The maximum absolute atomic E-state index is 5.65. The van der Waals surface area contributed by atoms with Crippen LogP contribution >= 0.6 is 15.9 Å². The number of hydrogen-bond acceptors (Lipinski definition) is 3. The molecule has 0 radical (unpaired) electrons. The summed E-state index contributed by atoms with van der Waals surface area (Å²) in [6.45, 7) is 9.18. The monoisotopic (exact) mass is 315 g/mol. The highest BCUT2D eigenvalue weighted by atomic mass is 79.9. The van der Waals surface area contributed by atoms with Crippen molar-refractivity contribution in [1.29, 1.82) is 0 Å². The predicted octanol–water partition coefficient (Wildman–Crippen LogP) is 3.36. The third kappa shape index (κ3) is 5.85. The topological polar surface area (TPSA) is 30.5 Å². The molecular formula is C14H22BrNO2. The Bertz CT molecular complexity index is 356. The van der Waals surface area contributed by atoms with Crippen molar-refractivity contribution >= 4 is 15.9 Å². The fourth-order valence-corrected chi connectivity index (χ4v) is 2.02. The molecule has 0 spiro atoms. The molecular weight excluding hydrogens is 294 g/mol. The average Bonchev–Trinajstić information content (AvgIpc) is 2.33. The molecule has 1 N–H and O–H groups in total. The second-order valence-corrected chi connectivity index (χ2v) is 5.17. The molecule has 102 valence electrons. The Morgan fingerprint density at radius 3 is 2.67 bits per heavy atom. The number of halogens is 1. The van der Waals surface area contributed by atoms with E-state index in [0.29, 0.717) is 13.2 Å². The summed E-state index contributed by atoms with van der Waals surface area (Å²) in [4.78, 5) is 0. The standard InChI is InChI=1S/C14H22BrNO2/c1-4-16-10-12-5-6-14(13(15)9-12)18-8-7-17-11(2)3/h5-6,9,11,16H,4,7-8,10H2,1-3H3. The second-order valence-electron chi connectivity index (χ2n) is 4.31. The molecule has 1 rings (SSSR count). The molecule has 3 nitrogen and oxygen atoms in total. The number of hydrogen-bond donors (Lipinski definition) is 1. The van der Waals surface area contributed by atoms with E-state index in [1.165, 1.54) is 5.56 Å². The van der Waals surface area contributed by atoms with E-state index < -0.39 is 0 Å². The highest BCUT2D eigenvalue weighted by Gasteiger charge is 2.03. The Morgan fingerprint density at radius 2 is 2.06 bits per heavy atom. The maximum Gasteiger partial charge on any atom is 0.133 e. The van der Waals surface area contributed by atoms with Crippen molar-refractivity contribution in [3.8, 4) is 5.75 Å². The molecule has 0 heterocycles. The third-order valence-corrected chi connectivity index (χ3v) is 2.99. The van der Waals surface area contributed by atoms with Crippen LogP contribution in [0.15, 0.2) is 22.7 Å². The van der Waals surface area contributed by atoms with Gasteiger partial charge >= 0.3 is 0 Å². The summed E-state index contributed by atoms with van der Waals surface area (Å²) in [6, 6.07) is 6.15. The van der Waals surface area contributed by atoms with Crippen LogP contribution in [0.1, 0.15) is 26.3 Å². The minimum atomic E-state index is 0.250. The molecule has 0 unspecified atom stereocenters. The summed E-state index contributed by atoms with van der Waals surface area (Å²) >= 11 is 3.53. The highest BCUT2D eigenvalue weighted by Crippen LogP contribution is 2.25. The zero-order valence-corrected chi connectivity index (χ0v) is 12.9. The Balaban J connectivity index is 2.42. The van der Waals surface area contributed by atoms with Crippen LogP contribution in [0.25, 0.3) is 0 Å². The van der Waals surface area contributed by atoms with Gasteiger partial charge in [-0.25, -0.2) is 0 Å². The van der Waals surface area contributed by atoms with Gasteiger partial charge in [-0.1, -0.05) is 13.0 Å². The summed E-state index contributed by atoms with van der Waals surface area (Å²) < 4.78 is 12.1. The first kappa shape index (κ1) is 15.5. The zero-order valence-electron chi connectivity index (χ0n) is 11.3. The van der Waals surface area contributed by atoms with Crippen molar-refractivity contribution in [3.63, 3.8) is 0 Å². The van der Waals surface area contributed by atoms with Crippen LogP contribution in [0.5, 0.6) is 5.75 Å². The van der Waals surface area contributed by atoms with Gasteiger partial charge in [0.25, 0.3) is 0 Å². The van der Waals surface area contributed by atoms with E-state index in [4.69, 9.17) is 9.47 Å². The average molecular weight is 316 g/mol. The Labute approximate surface area is 118 Å². The first-order chi connectivity index (χ1) is 8.63. The van der Waals surface area contributed by atoms with Crippen molar-refractivity contribution in [3.05, 3.63) is 28.2 Å². The Kier molecular flexibility index (Phi) is 7.32. The van der Waals surface area contributed by atoms with Crippen LogP contribution in [-0.2, 0) is 11.3 Å². The number of nitrogens with one attached hydrogen (secondary N) is 1. The minimum absolute atomic E-state index is 0.250. The van der Waals surface area contributed by atoms with E-state index in [2.05, 4.69) is 40.3 Å². The van der Waals surface area contributed by atoms with Crippen LogP contribution in [0.2, 0.25) is 0 Å². The normalized spacial score (nSPS) is 10.9. The Morgan fingerprint density at radius 1 is 1.28 bits per heavy atom. The van der Waals surface area contributed by atoms with E-state index in [1.807, 2.05) is 19.9 Å². The molecule has 0 aliphatic rings. The summed E-state index contributed by atoms with van der Waals surface area (Å²) in [5, 5.41) is 3.29. The van der Waals surface area contributed by atoms with Crippen molar-refractivity contribution in [2.24, 2.45) is 0 Å². The van der Waals surface area contributed by atoms with E-state index >= 15 is 0 Å². The van der Waals surface area contributed by atoms with Crippen molar-refractivity contribution in [1.82, 2.24) is 5.32 Å². The fourth-order valence-electron chi connectivity index (χ4n) is 1.48. The molecule has 18 heavy (non-hydrogen) atoms. The molecule has 1 aromatic carbocycles. The van der Waals surface area contributed by atoms with Crippen LogP contribution in [-0.4, -0.2) is 25.9 Å². The SMILES string of the molecule is CCNCc1ccc(OCCOC(C)C)c(Br)c1. The lowest BCUT2D eigenvalue weighted by Gasteiger charge is -2.11. The summed E-state index contributed by atoms with van der Waals surface area (Å²) in [6.07, 6.45) is 0.250. The second kappa shape index (κ2) is 8.51. The van der Waals surface area contributed by atoms with Gasteiger partial charge in [-0.2, -0.15) is 0 Å². The van der Waals surface area contributed by atoms with E-state index in [9.17, 15) is 0 Å². The molecule has 0 fully saturated rings. The fraction of sp³-hybridized carbons (Fsp3) is 0.571. The van der Waals surface area contributed by atoms with Crippen LogP contribution < -0.4 is 10.1 Å². The van der Waals surface area contributed by atoms with Gasteiger partial charge in [0, 0.05) is 6.54 Å². The minimum Gasteiger partial charge on any atom is -0.490 e. The molecule has 4 heteroatoms. The van der Waals surface area contributed by atoms with Gasteiger partial charge in [0.05, 0.1) is 17.2 Å². The Hall–Kier alpha value is -0.580. The van der Waals surface area contributed by atoms with Gasteiger partial charge in [-0.05, 0) is 54.0 Å². The highest BCUT2D eigenvalue weighted by molar-refractivity contribution is 9.10. The molecule has 0 aliphatic carbocycles. The summed E-state index contributed by atoms with van der Waals surface area (Å²) in [7, 11) is 0. The quantitative estimate of drug-likeness (QED) is 0.746. The molecule has 0 atom stereocenters. The first-order valence-electron chi connectivity index (χ1n) is 6.37. The van der Waals surface area contributed by atoms with Gasteiger partial charge < -0.3 is 14.8 Å². The van der Waals surface area contributed by atoms with Crippen molar-refractivity contribution in [2.45, 2.75) is 33.4 Å². The van der Waals surface area contributed by atoms with Crippen LogP contribution in [0, 0.1) is 0 Å². The van der Waals surface area contributed by atoms with Crippen molar-refractivity contribution in [2.75, 3.05) is 19.8 Å². The molecule has 0 saturated heterocycles. The van der Waals surface area contributed by atoms with Gasteiger partial charge in [0.1, 0.15) is 12.4 Å². The van der Waals surface area contributed by atoms with Gasteiger partial charge in [0.2, 0.25) is 0 Å².